The third-order valence-corrected chi connectivity index (χ3v) is 8.41. The average molecular weight is 538 g/mol. The normalized spacial score (nSPS) is 13.1. The summed E-state index contributed by atoms with van der Waals surface area (Å²) in [4.78, 5) is 5.19. The van der Waals surface area contributed by atoms with Crippen LogP contribution in [0.25, 0.3) is 33.3 Å². The van der Waals surface area contributed by atoms with E-state index < -0.39 is 5.41 Å². The molecule has 7 aromatic rings. The van der Waals surface area contributed by atoms with E-state index in [9.17, 15) is 0 Å². The average Bonchev–Trinajstić information content (AvgIpc) is 3.07. The Bertz CT molecular complexity index is 2020. The lowest BCUT2D eigenvalue weighted by molar-refractivity contribution is 0.434. The quantitative estimate of drug-likeness (QED) is 0.223. The van der Waals surface area contributed by atoms with Crippen molar-refractivity contribution in [3.8, 4) is 33.9 Å². The third-order valence-electron chi connectivity index (χ3n) is 8.41. The van der Waals surface area contributed by atoms with Gasteiger partial charge in [0.1, 0.15) is 11.5 Å². The molecule has 198 valence electrons. The summed E-state index contributed by atoms with van der Waals surface area (Å²) in [7, 11) is 0. The maximum atomic E-state index is 6.49. The van der Waals surface area contributed by atoms with Crippen LogP contribution in [-0.4, -0.2) is 4.98 Å². The summed E-state index contributed by atoms with van der Waals surface area (Å²) in [5.41, 5.74) is 9.42. The number of hydrogen-bond donors (Lipinski definition) is 0. The molecule has 8 rings (SSSR count). The molecule has 2 heteroatoms. The molecule has 0 radical (unpaired) electrons. The van der Waals surface area contributed by atoms with Gasteiger partial charge in [0.25, 0.3) is 0 Å². The highest BCUT2D eigenvalue weighted by atomic mass is 16.5. The first-order valence-corrected chi connectivity index (χ1v) is 14.3. The van der Waals surface area contributed by atoms with Gasteiger partial charge in [0.2, 0.25) is 0 Å². The van der Waals surface area contributed by atoms with Gasteiger partial charge in [-0.1, -0.05) is 140 Å². The van der Waals surface area contributed by atoms with E-state index in [-0.39, 0.29) is 0 Å². The first kappa shape index (κ1) is 24.3. The summed E-state index contributed by atoms with van der Waals surface area (Å²) >= 11 is 0. The van der Waals surface area contributed by atoms with Crippen molar-refractivity contribution in [1.29, 1.82) is 0 Å². The van der Waals surface area contributed by atoms with E-state index in [1.165, 1.54) is 11.1 Å². The SMILES string of the molecule is c1ccc(-c2ccc3cccc(-c4cccc(C5(c6ccccc6)c6ccccc6Oc6ccccc65)c4)c3n2)cc1. The number of pyridine rings is 1. The number of fused-ring (bicyclic) bond motifs is 3. The maximum absolute atomic E-state index is 6.49. The standard InChI is InChI=1S/C40H27NO/c1-3-13-28(14-4-1)36-26-25-29-15-12-20-33(39(29)41-36)30-16-11-19-32(27-30)40(31-17-5-2-6-18-31)34-21-7-9-23-37(34)42-38-24-10-8-22-35(38)40/h1-27H. The zero-order valence-corrected chi connectivity index (χ0v) is 22.9. The molecule has 6 aromatic carbocycles. The molecular formula is C40H27NO. The van der Waals surface area contributed by atoms with Crippen molar-refractivity contribution in [3.05, 3.63) is 186 Å². The van der Waals surface area contributed by atoms with E-state index in [4.69, 9.17) is 9.72 Å². The summed E-state index contributed by atoms with van der Waals surface area (Å²) in [5.74, 6) is 1.76. The highest BCUT2D eigenvalue weighted by Crippen LogP contribution is 2.55. The number of benzene rings is 6. The van der Waals surface area contributed by atoms with Crippen molar-refractivity contribution in [2.75, 3.05) is 0 Å². The maximum Gasteiger partial charge on any atom is 0.132 e. The molecule has 0 amide bonds. The Morgan fingerprint density at radius 1 is 0.452 bits per heavy atom. The zero-order chi connectivity index (χ0) is 27.9. The highest BCUT2D eigenvalue weighted by Gasteiger charge is 2.45. The summed E-state index contributed by atoms with van der Waals surface area (Å²) < 4.78 is 6.49. The van der Waals surface area contributed by atoms with Crippen LogP contribution in [0.3, 0.4) is 0 Å². The first-order valence-electron chi connectivity index (χ1n) is 14.3. The van der Waals surface area contributed by atoms with Crippen molar-refractivity contribution in [3.63, 3.8) is 0 Å². The van der Waals surface area contributed by atoms with Gasteiger partial charge in [-0.2, -0.15) is 0 Å². The Balaban J connectivity index is 1.40. The first-order chi connectivity index (χ1) is 20.8. The van der Waals surface area contributed by atoms with Gasteiger partial charge in [0.15, 0.2) is 0 Å². The predicted octanol–water partition coefficient (Wildman–Crippen LogP) is 10.1. The Morgan fingerprint density at radius 2 is 1.05 bits per heavy atom. The molecule has 2 heterocycles. The van der Waals surface area contributed by atoms with Crippen molar-refractivity contribution < 1.29 is 4.74 Å². The molecule has 1 aliphatic heterocycles. The lowest BCUT2D eigenvalue weighted by Crippen LogP contribution is -2.34. The van der Waals surface area contributed by atoms with Gasteiger partial charge >= 0.3 is 0 Å². The Hall–Kier alpha value is -5.47. The molecular weight excluding hydrogens is 510 g/mol. The summed E-state index contributed by atoms with van der Waals surface area (Å²) in [6.45, 7) is 0. The van der Waals surface area contributed by atoms with E-state index >= 15 is 0 Å². The molecule has 0 spiro atoms. The number of nitrogens with zero attached hydrogens (tertiary/aromatic N) is 1. The topological polar surface area (TPSA) is 22.1 Å². The van der Waals surface area contributed by atoms with Gasteiger partial charge in [0.05, 0.1) is 16.6 Å². The molecule has 0 bridgehead atoms. The Morgan fingerprint density at radius 3 is 1.79 bits per heavy atom. The fourth-order valence-electron chi connectivity index (χ4n) is 6.54. The highest BCUT2D eigenvalue weighted by molar-refractivity contribution is 5.95. The fraction of sp³-hybridized carbons (Fsp3) is 0.0250. The van der Waals surface area contributed by atoms with Crippen LogP contribution < -0.4 is 4.74 Å². The van der Waals surface area contributed by atoms with E-state index in [0.29, 0.717) is 0 Å². The van der Waals surface area contributed by atoms with Crippen molar-refractivity contribution in [2.45, 2.75) is 5.41 Å². The molecule has 1 aliphatic rings. The summed E-state index contributed by atoms with van der Waals surface area (Å²) in [6.07, 6.45) is 0. The smallest absolute Gasteiger partial charge is 0.132 e. The second-order valence-corrected chi connectivity index (χ2v) is 10.7. The monoisotopic (exact) mass is 537 g/mol. The van der Waals surface area contributed by atoms with Crippen LogP contribution in [-0.2, 0) is 5.41 Å². The predicted molar refractivity (Wildman–Crippen MR) is 171 cm³/mol. The second kappa shape index (κ2) is 9.87. The van der Waals surface area contributed by atoms with Crippen LogP contribution >= 0.6 is 0 Å². The molecule has 1 aromatic heterocycles. The van der Waals surface area contributed by atoms with Gasteiger partial charge in [-0.25, -0.2) is 4.98 Å². The van der Waals surface area contributed by atoms with Gasteiger partial charge in [-0.3, -0.25) is 0 Å². The molecule has 0 N–H and O–H groups in total. The van der Waals surface area contributed by atoms with Crippen LogP contribution in [0.1, 0.15) is 22.3 Å². The van der Waals surface area contributed by atoms with Crippen LogP contribution in [0.15, 0.2) is 164 Å². The van der Waals surface area contributed by atoms with E-state index in [1.54, 1.807) is 0 Å². The van der Waals surface area contributed by atoms with Crippen LogP contribution in [0, 0.1) is 0 Å². The molecule has 0 fully saturated rings. The van der Waals surface area contributed by atoms with Crippen LogP contribution in [0.2, 0.25) is 0 Å². The fourth-order valence-corrected chi connectivity index (χ4v) is 6.54. The minimum Gasteiger partial charge on any atom is -0.457 e. The molecule has 42 heavy (non-hydrogen) atoms. The molecule has 0 aliphatic carbocycles. The largest absolute Gasteiger partial charge is 0.457 e. The number of aromatic nitrogens is 1. The minimum atomic E-state index is -0.560. The molecule has 0 atom stereocenters. The summed E-state index contributed by atoms with van der Waals surface area (Å²) in [6, 6.07) is 57.8. The van der Waals surface area contributed by atoms with Gasteiger partial charge < -0.3 is 4.74 Å². The van der Waals surface area contributed by atoms with Gasteiger partial charge in [0, 0.05) is 27.6 Å². The van der Waals surface area contributed by atoms with Crippen molar-refractivity contribution in [2.24, 2.45) is 0 Å². The van der Waals surface area contributed by atoms with E-state index in [0.717, 1.165) is 55.9 Å². The van der Waals surface area contributed by atoms with Crippen LogP contribution in [0.4, 0.5) is 0 Å². The lowest BCUT2D eigenvalue weighted by atomic mass is 9.63. The summed E-state index contributed by atoms with van der Waals surface area (Å²) in [5, 5.41) is 1.12. The van der Waals surface area contributed by atoms with Gasteiger partial charge in [-0.05, 0) is 41.0 Å². The van der Waals surface area contributed by atoms with Crippen molar-refractivity contribution >= 4 is 10.9 Å². The number of rotatable bonds is 4. The van der Waals surface area contributed by atoms with Crippen molar-refractivity contribution in [1.82, 2.24) is 4.98 Å². The van der Waals surface area contributed by atoms with E-state index in [1.807, 2.05) is 18.2 Å². The van der Waals surface area contributed by atoms with Gasteiger partial charge in [-0.15, -0.1) is 0 Å². The number of ether oxygens (including phenoxy) is 1. The van der Waals surface area contributed by atoms with E-state index in [2.05, 4.69) is 146 Å². The number of hydrogen-bond acceptors (Lipinski definition) is 2. The Labute approximate surface area is 245 Å². The zero-order valence-electron chi connectivity index (χ0n) is 22.9. The molecule has 0 saturated heterocycles. The lowest BCUT2D eigenvalue weighted by Gasteiger charge is -2.41. The third kappa shape index (κ3) is 3.77. The van der Waals surface area contributed by atoms with Crippen LogP contribution in [0.5, 0.6) is 11.5 Å². The molecule has 0 unspecified atom stereocenters. The molecule has 2 nitrogen and oxygen atoms in total. The number of para-hydroxylation sites is 3. The molecule has 0 saturated carbocycles. The Kier molecular flexibility index (Phi) is 5.72. The second-order valence-electron chi connectivity index (χ2n) is 10.7. The minimum absolute atomic E-state index is 0.560.